The molecular formula is C18H24ClN3O2. The predicted molar refractivity (Wildman–Crippen MR) is 94.6 cm³/mol. The van der Waals surface area contributed by atoms with Crippen molar-refractivity contribution in [3.63, 3.8) is 0 Å². The smallest absolute Gasteiger partial charge is 0.156 e. The van der Waals surface area contributed by atoms with E-state index in [1.165, 1.54) is 6.42 Å². The molecule has 1 saturated carbocycles. The molecule has 6 atom stereocenters. The number of halogens is 1. The molecular weight excluding hydrogens is 326 g/mol. The number of allylic oxidation sites excluding steroid dienone is 3. The number of likely N-dealkylation sites (tertiary alicyclic amines) is 1. The fraction of sp³-hybridized carbons (Fsp3) is 0.611. The molecule has 5 aliphatic rings. The molecule has 5 rings (SSSR count). The van der Waals surface area contributed by atoms with E-state index in [1.807, 2.05) is 0 Å². The average molecular weight is 350 g/mol. The fourth-order valence-corrected chi connectivity index (χ4v) is 5.96. The first-order valence-corrected chi connectivity index (χ1v) is 8.50. The Morgan fingerprint density at radius 3 is 2.96 bits per heavy atom. The molecule has 6 heteroatoms. The minimum absolute atomic E-state index is 0. The summed E-state index contributed by atoms with van der Waals surface area (Å²) in [7, 11) is 3.98. The van der Waals surface area contributed by atoms with Crippen LogP contribution in [-0.4, -0.2) is 43.5 Å². The average Bonchev–Trinajstić information content (AvgIpc) is 2.92. The van der Waals surface area contributed by atoms with Crippen molar-refractivity contribution in [1.29, 1.82) is 0 Å². The van der Waals surface area contributed by atoms with Gasteiger partial charge in [-0.05, 0) is 44.5 Å². The summed E-state index contributed by atoms with van der Waals surface area (Å²) in [6.07, 6.45) is 11.1. The lowest BCUT2D eigenvalue weighted by atomic mass is 9.48. The second-order valence-electron chi connectivity index (χ2n) is 7.52. The van der Waals surface area contributed by atoms with Crippen LogP contribution in [0.5, 0.6) is 0 Å². The first-order valence-electron chi connectivity index (χ1n) is 8.50. The molecule has 2 N–H and O–H groups in total. The van der Waals surface area contributed by atoms with Crippen LogP contribution < -0.4 is 5.84 Å². The van der Waals surface area contributed by atoms with Gasteiger partial charge in [0, 0.05) is 23.3 Å². The molecule has 1 spiro atoms. The highest BCUT2D eigenvalue weighted by atomic mass is 35.5. The van der Waals surface area contributed by atoms with E-state index in [2.05, 4.69) is 41.4 Å². The second kappa shape index (κ2) is 5.27. The van der Waals surface area contributed by atoms with Gasteiger partial charge in [0.1, 0.15) is 17.6 Å². The summed E-state index contributed by atoms with van der Waals surface area (Å²) < 4.78 is 12.1. The summed E-state index contributed by atoms with van der Waals surface area (Å²) in [5.74, 6) is 9.01. The summed E-state index contributed by atoms with van der Waals surface area (Å²) in [6.45, 7) is 1.11. The molecule has 3 fully saturated rings. The Morgan fingerprint density at radius 1 is 1.38 bits per heavy atom. The maximum absolute atomic E-state index is 6.49. The van der Waals surface area contributed by atoms with Crippen molar-refractivity contribution in [3.05, 3.63) is 35.8 Å². The zero-order valence-corrected chi connectivity index (χ0v) is 14.8. The number of rotatable bonds is 1. The summed E-state index contributed by atoms with van der Waals surface area (Å²) in [5, 5.41) is 4.05. The zero-order chi connectivity index (χ0) is 15.8. The predicted octanol–water partition coefficient (Wildman–Crippen LogP) is 2.06. The second-order valence-corrected chi connectivity index (χ2v) is 7.52. The van der Waals surface area contributed by atoms with Gasteiger partial charge in [0.15, 0.2) is 5.76 Å². The number of methoxy groups -OCH3 is 1. The quantitative estimate of drug-likeness (QED) is 0.581. The van der Waals surface area contributed by atoms with E-state index in [1.54, 1.807) is 7.11 Å². The highest BCUT2D eigenvalue weighted by Gasteiger charge is 2.69. The summed E-state index contributed by atoms with van der Waals surface area (Å²) in [4.78, 5) is 2.53. The largest absolute Gasteiger partial charge is 0.493 e. The third-order valence-electron chi connectivity index (χ3n) is 6.88. The lowest BCUT2D eigenvalue weighted by Gasteiger charge is -2.59. The van der Waals surface area contributed by atoms with Gasteiger partial charge in [-0.1, -0.05) is 12.2 Å². The van der Waals surface area contributed by atoms with E-state index >= 15 is 0 Å². The van der Waals surface area contributed by atoms with Gasteiger partial charge in [0.05, 0.1) is 7.11 Å². The molecule has 2 heterocycles. The molecule has 24 heavy (non-hydrogen) atoms. The summed E-state index contributed by atoms with van der Waals surface area (Å²) in [6, 6.07) is 0.569. The third kappa shape index (κ3) is 1.67. The zero-order valence-electron chi connectivity index (χ0n) is 14.0. The molecule has 2 saturated heterocycles. The summed E-state index contributed by atoms with van der Waals surface area (Å²) >= 11 is 0. The van der Waals surface area contributed by atoms with Gasteiger partial charge in [-0.2, -0.15) is 5.10 Å². The van der Waals surface area contributed by atoms with E-state index in [0.717, 1.165) is 30.2 Å². The van der Waals surface area contributed by atoms with Crippen molar-refractivity contribution >= 4 is 18.1 Å². The summed E-state index contributed by atoms with van der Waals surface area (Å²) in [5.41, 5.74) is 0.958. The molecule has 0 aromatic carbocycles. The molecule has 0 aromatic rings. The number of nitrogens with two attached hydrogens (primary N) is 1. The highest BCUT2D eigenvalue weighted by Crippen LogP contribution is 2.66. The lowest BCUT2D eigenvalue weighted by molar-refractivity contribution is -0.0758. The van der Waals surface area contributed by atoms with Gasteiger partial charge in [-0.15, -0.1) is 12.4 Å². The molecule has 0 aromatic heterocycles. The normalized spacial score (nSPS) is 46.4. The van der Waals surface area contributed by atoms with Crippen LogP contribution in [0.25, 0.3) is 0 Å². The highest BCUT2D eigenvalue weighted by molar-refractivity contribution is 6.00. The Bertz CT molecular complexity index is 686. The minimum Gasteiger partial charge on any atom is -0.493 e. The van der Waals surface area contributed by atoms with Crippen LogP contribution in [-0.2, 0) is 9.47 Å². The van der Waals surface area contributed by atoms with Gasteiger partial charge in [-0.3, -0.25) is 0 Å². The number of hydrogen-bond donors (Lipinski definition) is 1. The Hall–Kier alpha value is -1.46. The van der Waals surface area contributed by atoms with Crippen molar-refractivity contribution in [2.75, 3.05) is 20.7 Å². The molecule has 3 aliphatic carbocycles. The Labute approximate surface area is 148 Å². The number of ether oxygens (including phenoxy) is 2. The van der Waals surface area contributed by atoms with Crippen LogP contribution in [0.1, 0.15) is 12.8 Å². The number of nitrogens with zero attached hydrogens (tertiary/aromatic N) is 2. The first kappa shape index (κ1) is 16.0. The van der Waals surface area contributed by atoms with Crippen LogP contribution in [0, 0.1) is 23.2 Å². The van der Waals surface area contributed by atoms with Crippen molar-refractivity contribution < 1.29 is 9.47 Å². The fourth-order valence-electron chi connectivity index (χ4n) is 5.96. The topological polar surface area (TPSA) is 60.1 Å². The van der Waals surface area contributed by atoms with Gasteiger partial charge < -0.3 is 20.2 Å². The van der Waals surface area contributed by atoms with Crippen LogP contribution in [0.4, 0.5) is 0 Å². The number of hydrazone groups is 1. The van der Waals surface area contributed by atoms with Crippen LogP contribution in [0.15, 0.2) is 40.9 Å². The molecule has 130 valence electrons. The monoisotopic (exact) mass is 349 g/mol. The van der Waals surface area contributed by atoms with Crippen molar-refractivity contribution in [2.45, 2.75) is 25.0 Å². The molecule has 2 unspecified atom stereocenters. The van der Waals surface area contributed by atoms with E-state index in [0.29, 0.717) is 23.8 Å². The van der Waals surface area contributed by atoms with Gasteiger partial charge in [0.25, 0.3) is 0 Å². The molecule has 2 bridgehead atoms. The Kier molecular flexibility index (Phi) is 3.52. The van der Waals surface area contributed by atoms with E-state index < -0.39 is 0 Å². The molecule has 0 amide bonds. The Morgan fingerprint density at radius 2 is 2.21 bits per heavy atom. The van der Waals surface area contributed by atoms with E-state index in [4.69, 9.17) is 15.3 Å². The van der Waals surface area contributed by atoms with Crippen molar-refractivity contribution in [2.24, 2.45) is 34.1 Å². The van der Waals surface area contributed by atoms with Gasteiger partial charge in [0.2, 0.25) is 0 Å². The minimum atomic E-state index is -0.0356. The number of hydrogen-bond acceptors (Lipinski definition) is 5. The Balaban J connectivity index is 0.00000146. The molecule has 5 nitrogen and oxygen atoms in total. The maximum atomic E-state index is 6.49. The van der Waals surface area contributed by atoms with E-state index in [9.17, 15) is 0 Å². The van der Waals surface area contributed by atoms with Crippen LogP contribution in [0.2, 0.25) is 0 Å². The molecule has 0 radical (unpaired) electrons. The van der Waals surface area contributed by atoms with Crippen molar-refractivity contribution in [3.8, 4) is 0 Å². The third-order valence-corrected chi connectivity index (χ3v) is 6.88. The lowest BCUT2D eigenvalue weighted by Crippen LogP contribution is -2.64. The standard InChI is InChI=1S/C18H23N3O2.ClH/c1-21-8-7-18-11-4-5-12(20-19)17(18)23-16-14(22-2)6-3-10(15(16)18)9-13(11)21;/h3-6,10-11,13,15,17H,7-9,19H2,1-2H3;1H/t10?,11-,13+,15?,17-,18-;/m0./s1. The first-order chi connectivity index (χ1) is 11.2. The van der Waals surface area contributed by atoms with Crippen molar-refractivity contribution in [1.82, 2.24) is 4.90 Å². The van der Waals surface area contributed by atoms with Gasteiger partial charge >= 0.3 is 0 Å². The van der Waals surface area contributed by atoms with E-state index in [-0.39, 0.29) is 23.9 Å². The van der Waals surface area contributed by atoms with Crippen LogP contribution in [0.3, 0.4) is 0 Å². The molecule has 2 aliphatic heterocycles. The number of piperidine rings is 1. The maximum Gasteiger partial charge on any atom is 0.156 e. The SMILES string of the molecule is COC1=C2O[C@H]3C(=NN)C=C[C@H]4[C@H]5CC(C=C1)C2[C@@]34CCN5C.Cl. The van der Waals surface area contributed by atoms with Crippen LogP contribution >= 0.6 is 12.4 Å². The van der Waals surface area contributed by atoms with Gasteiger partial charge in [-0.25, -0.2) is 0 Å².